The molecule has 3 heterocycles. The Hall–Kier alpha value is -6.35. The number of nitrogens with zero attached hydrogens (tertiary/aromatic N) is 7. The second kappa shape index (κ2) is 46.7. The minimum atomic E-state index is -3.52. The van der Waals surface area contributed by atoms with Gasteiger partial charge in [0, 0.05) is 110 Å². The third-order valence-electron chi connectivity index (χ3n) is 14.0. The normalized spacial score (nSPS) is 17.6. The molecule has 0 saturated carbocycles. The second-order valence-electron chi connectivity index (χ2n) is 21.3. The number of nitrogens with one attached hydrogen (secondary N) is 1. The van der Waals surface area contributed by atoms with Crippen LogP contribution >= 0.6 is 0 Å². The Kier molecular flexibility index (Phi) is 41.4. The summed E-state index contributed by atoms with van der Waals surface area (Å²) in [5, 5.41) is 25.2. The molecule has 3 fully saturated rings. The quantitative estimate of drug-likeness (QED) is 0.00990. The number of carbonyl (C=O) groups excluding carboxylic acids is 5. The molecule has 3 N–H and O–H groups in total. The Morgan fingerprint density at radius 1 is 0.637 bits per heavy atom. The van der Waals surface area contributed by atoms with Gasteiger partial charge in [-0.15, -0.1) is 0 Å². The summed E-state index contributed by atoms with van der Waals surface area (Å²) in [6, 6.07) is 49.8. The van der Waals surface area contributed by atoms with E-state index in [4.69, 9.17) is 33.8 Å². The van der Waals surface area contributed by atoms with Crippen molar-refractivity contribution in [3.63, 3.8) is 0 Å². The molecule has 5 aromatic carbocycles. The third-order valence-corrected chi connectivity index (χ3v) is 14.6. The van der Waals surface area contributed by atoms with Crippen molar-refractivity contribution < 1.29 is 96.7 Å². The Balaban J connectivity index is 0.000000575. The monoisotopic (exact) mass is 1290 g/mol. The zero-order chi connectivity index (χ0) is 64.7. The number of likely N-dealkylation sites (tertiary alicyclic amines) is 3. The van der Waals surface area contributed by atoms with Gasteiger partial charge >= 0.3 is 53.4 Å². The molecule has 22 nitrogen and oxygen atoms in total. The van der Waals surface area contributed by atoms with Crippen LogP contribution in [0.1, 0.15) is 63.4 Å². The van der Waals surface area contributed by atoms with Crippen LogP contribution in [-0.4, -0.2) is 193 Å². The largest absolute Gasteiger partial charge is 1.00 e. The Bertz CT molecular complexity index is 3000. The molecule has 0 bridgehead atoms. The summed E-state index contributed by atoms with van der Waals surface area (Å²) in [6.07, 6.45) is 0.463. The molecule has 5 atom stereocenters. The van der Waals surface area contributed by atoms with Gasteiger partial charge in [0.2, 0.25) is 0 Å². The SMILES string of the molecule is CCOC(=O)C1CN(Cc2ccccc2)CC1=O.CCOC(=O)CCN(CC(=O)OCC)Cc1ccccc1.CCOC(=O)CNCc1ccccc1.CS(=O)(=O)O[C@H]1CN(Cc2ccccc2)C[C@@H]1CN=[N+]=[N-].OCC1CN(Cc2ccccc2)CC1O.[B].[H-].[Na+]. The van der Waals surface area contributed by atoms with Gasteiger partial charge in [0.25, 0.3) is 10.1 Å². The molecule has 3 aliphatic heterocycles. The maximum atomic E-state index is 11.7. The number of Topliss-reactive ketones (excluding diaryl/α,β-unsaturated/α-hetero) is 1. The van der Waals surface area contributed by atoms with Gasteiger partial charge in [-0.05, 0) is 61.0 Å². The van der Waals surface area contributed by atoms with Gasteiger partial charge in [-0.3, -0.25) is 47.8 Å². The number of rotatable bonds is 27. The van der Waals surface area contributed by atoms with E-state index in [1.807, 2.05) is 149 Å². The average Bonchev–Trinajstić information content (AvgIpc) is 2.04. The van der Waals surface area contributed by atoms with Crippen molar-refractivity contribution in [3.05, 3.63) is 190 Å². The summed E-state index contributed by atoms with van der Waals surface area (Å²) in [6.45, 7) is 16.8. The smallest absolute Gasteiger partial charge is 1.00 e. The van der Waals surface area contributed by atoms with E-state index in [9.17, 15) is 37.5 Å². The van der Waals surface area contributed by atoms with Crippen LogP contribution in [0.5, 0.6) is 0 Å². The molecular weight excluding hydrogens is 1190 g/mol. The Labute approximate surface area is 563 Å². The van der Waals surface area contributed by atoms with Crippen molar-refractivity contribution in [2.75, 3.05) is 105 Å². The molecule has 3 radical (unpaired) electrons. The molecule has 3 aliphatic rings. The van der Waals surface area contributed by atoms with E-state index >= 15 is 0 Å². The number of β-amino-alcohol motifs (C(OH)–C–C–N with tert-alkyl or cyclic N) is 1. The van der Waals surface area contributed by atoms with Crippen molar-refractivity contribution in [2.45, 2.75) is 79.0 Å². The Morgan fingerprint density at radius 2 is 1.09 bits per heavy atom. The molecule has 25 heteroatoms. The van der Waals surface area contributed by atoms with Crippen LogP contribution in [0, 0.1) is 17.8 Å². The Morgan fingerprint density at radius 3 is 1.56 bits per heavy atom. The molecule has 0 aromatic heterocycles. The number of ether oxygens (including phenoxy) is 4. The second-order valence-corrected chi connectivity index (χ2v) is 22.9. The minimum Gasteiger partial charge on any atom is -1.00 e. The number of aliphatic hydroxyl groups excluding tert-OH is 2. The van der Waals surface area contributed by atoms with Gasteiger partial charge in [-0.2, -0.15) is 8.42 Å². The number of esters is 4. The van der Waals surface area contributed by atoms with Crippen molar-refractivity contribution >= 4 is 48.2 Å². The first-order valence-electron chi connectivity index (χ1n) is 30.1. The first-order valence-corrected chi connectivity index (χ1v) is 31.9. The van der Waals surface area contributed by atoms with Gasteiger partial charge in [0.05, 0.1) is 70.9 Å². The number of azide groups is 1. The summed E-state index contributed by atoms with van der Waals surface area (Å²) in [4.78, 5) is 68.3. The zero-order valence-corrected chi connectivity index (χ0v) is 56.4. The van der Waals surface area contributed by atoms with Gasteiger partial charge in [0.1, 0.15) is 5.92 Å². The van der Waals surface area contributed by atoms with Gasteiger partial charge in [0.15, 0.2) is 5.78 Å². The van der Waals surface area contributed by atoms with Gasteiger partial charge < -0.3 is 35.9 Å². The summed E-state index contributed by atoms with van der Waals surface area (Å²) in [7, 11) is -3.52. The first-order chi connectivity index (χ1) is 42.9. The summed E-state index contributed by atoms with van der Waals surface area (Å²) >= 11 is 0. The van der Waals surface area contributed by atoms with Crippen molar-refractivity contribution in [1.29, 1.82) is 0 Å². The molecule has 3 saturated heterocycles. The van der Waals surface area contributed by atoms with Crippen LogP contribution in [0.15, 0.2) is 157 Å². The summed E-state index contributed by atoms with van der Waals surface area (Å²) in [5.41, 5.74) is 14.2. The van der Waals surface area contributed by atoms with Crippen LogP contribution in [0.3, 0.4) is 0 Å². The maximum absolute atomic E-state index is 11.7. The van der Waals surface area contributed by atoms with Gasteiger partial charge in [-0.25, -0.2) is 0 Å². The van der Waals surface area contributed by atoms with E-state index in [0.29, 0.717) is 85.3 Å². The number of hydrogen-bond acceptors (Lipinski definition) is 20. The molecule has 0 amide bonds. The van der Waals surface area contributed by atoms with Crippen LogP contribution in [0.4, 0.5) is 0 Å². The number of benzene rings is 5. The fourth-order valence-electron chi connectivity index (χ4n) is 9.85. The fraction of sp³-hybridized carbons (Fsp3) is 0.470. The molecule has 489 valence electrons. The predicted molar refractivity (Wildman–Crippen MR) is 345 cm³/mol. The summed E-state index contributed by atoms with van der Waals surface area (Å²) < 4.78 is 47.3. The van der Waals surface area contributed by atoms with E-state index in [0.717, 1.165) is 48.1 Å². The average molecular weight is 1290 g/mol. The molecule has 5 aromatic rings. The van der Waals surface area contributed by atoms with Crippen LogP contribution < -0.4 is 34.9 Å². The number of ketones is 1. The minimum absolute atomic E-state index is 0. The van der Waals surface area contributed by atoms with E-state index < -0.39 is 28.1 Å². The molecule has 0 aliphatic carbocycles. The number of carbonyl (C=O) groups is 5. The fourth-order valence-corrected chi connectivity index (χ4v) is 10.5. The van der Waals surface area contributed by atoms with E-state index in [-0.39, 0.29) is 114 Å². The maximum Gasteiger partial charge on any atom is 1.00 e. The molecule has 0 spiro atoms. The third kappa shape index (κ3) is 34.2. The van der Waals surface area contributed by atoms with Crippen molar-refractivity contribution in [3.8, 4) is 0 Å². The van der Waals surface area contributed by atoms with Crippen LogP contribution in [-0.2, 0) is 89.9 Å². The van der Waals surface area contributed by atoms with E-state index in [2.05, 4.69) is 37.3 Å². The zero-order valence-electron chi connectivity index (χ0n) is 54.6. The van der Waals surface area contributed by atoms with Gasteiger partial charge in [-0.1, -0.05) is 157 Å². The van der Waals surface area contributed by atoms with Crippen LogP contribution in [0.2, 0.25) is 0 Å². The number of aliphatic hydroxyl groups is 2. The van der Waals surface area contributed by atoms with E-state index in [1.165, 1.54) is 5.56 Å². The van der Waals surface area contributed by atoms with Crippen molar-refractivity contribution in [2.24, 2.45) is 22.9 Å². The standard InChI is InChI=1S/C16H23NO4.C14H17NO3.C13H18N4O3S.C12H17NO2.C11H15NO2.B.Na.H/c1-3-20-15(18)10-11-17(13-16(19)21-4-2)12-14-8-6-5-7-9-14;1-2-18-14(17)12-9-15(10-13(12)16)8-11-6-4-3-5-7-11;1-21(18,19)20-13-10-17(9-12(13)7-15-16-14)8-11-5-3-2-4-6-11;14-9-11-7-13(8-12(11)15)6-10-4-2-1-3-5-10;1-2-14-11(13)9-12-8-10-6-4-3-5-7-10;;;/h5-9H,3-4,10-13H2,1-2H3;3-7,12H,2,8-10H2,1H3;2-6,12-13H,7-10H2,1H3;1-5,11-12,14-15H,6-9H2;3-7,12H,2,8-9H2,1H3;;;/q;;;;;;+1;-1/t;;12-,13-;;;;;/m..0...../s1. The molecule has 91 heavy (non-hydrogen) atoms. The predicted octanol–water partition coefficient (Wildman–Crippen LogP) is 3.58. The molecule has 8 rings (SSSR count). The topological polar surface area (TPSA) is 280 Å². The molecular formula is C66H91BN8NaO14S. The van der Waals surface area contributed by atoms with Crippen molar-refractivity contribution in [1.82, 2.24) is 24.9 Å². The number of hydrogen-bond donors (Lipinski definition) is 3. The summed E-state index contributed by atoms with van der Waals surface area (Å²) in [5.74, 6) is -1.86. The van der Waals surface area contributed by atoms with E-state index in [1.54, 1.807) is 27.7 Å². The van der Waals surface area contributed by atoms with Crippen LogP contribution in [0.25, 0.3) is 10.4 Å². The first kappa shape index (κ1) is 80.7. The molecule has 3 unspecified atom stereocenters.